The van der Waals surface area contributed by atoms with Gasteiger partial charge in [0.1, 0.15) is 0 Å². The van der Waals surface area contributed by atoms with Crippen molar-refractivity contribution in [1.29, 1.82) is 0 Å². The molecule has 0 heterocycles. The van der Waals surface area contributed by atoms with Crippen molar-refractivity contribution in [3.8, 4) is 0 Å². The van der Waals surface area contributed by atoms with E-state index in [1.807, 2.05) is 49.3 Å². The zero-order valence-corrected chi connectivity index (χ0v) is 14.4. The molecule has 25 heavy (non-hydrogen) atoms. The lowest BCUT2D eigenvalue weighted by atomic mass is 9.99. The van der Waals surface area contributed by atoms with Gasteiger partial charge < -0.3 is 10.2 Å². The standard InChI is InChI=1S/C19H21F3N2O/c1-13-8-7-11-15(19(20,21)22)17(13)18(25)23-16(12-24(2)3)14-9-5-4-6-10-14/h4-11,16H,12H2,1-3H3,(H,23,25). The summed E-state index contributed by atoms with van der Waals surface area (Å²) >= 11 is 0. The number of hydrogen-bond donors (Lipinski definition) is 1. The second-order valence-corrected chi connectivity index (χ2v) is 6.19. The molecule has 0 bridgehead atoms. The van der Waals surface area contributed by atoms with Crippen molar-refractivity contribution in [2.24, 2.45) is 0 Å². The van der Waals surface area contributed by atoms with E-state index in [-0.39, 0.29) is 5.56 Å². The summed E-state index contributed by atoms with van der Waals surface area (Å²) in [5.74, 6) is -0.721. The third-order valence-corrected chi connectivity index (χ3v) is 3.86. The van der Waals surface area contributed by atoms with Crippen molar-refractivity contribution < 1.29 is 18.0 Å². The van der Waals surface area contributed by atoms with Crippen molar-refractivity contribution >= 4 is 5.91 Å². The zero-order valence-electron chi connectivity index (χ0n) is 14.4. The highest BCUT2D eigenvalue weighted by molar-refractivity contribution is 5.97. The molecule has 0 saturated heterocycles. The third kappa shape index (κ3) is 4.82. The number of nitrogens with one attached hydrogen (secondary N) is 1. The van der Waals surface area contributed by atoms with Crippen LogP contribution in [0, 0.1) is 6.92 Å². The van der Waals surface area contributed by atoms with E-state index >= 15 is 0 Å². The average molecular weight is 350 g/mol. The highest BCUT2D eigenvalue weighted by Gasteiger charge is 2.36. The van der Waals surface area contributed by atoms with Crippen molar-refractivity contribution in [1.82, 2.24) is 10.2 Å². The van der Waals surface area contributed by atoms with Gasteiger partial charge in [-0.15, -0.1) is 0 Å². The number of alkyl halides is 3. The number of amides is 1. The molecule has 1 amide bonds. The van der Waals surface area contributed by atoms with E-state index in [4.69, 9.17) is 0 Å². The zero-order chi connectivity index (χ0) is 18.6. The van der Waals surface area contributed by atoms with Crippen LogP contribution in [0.4, 0.5) is 13.2 Å². The van der Waals surface area contributed by atoms with E-state index in [1.54, 1.807) is 0 Å². The summed E-state index contributed by atoms with van der Waals surface area (Å²) < 4.78 is 39.8. The molecule has 0 aliphatic rings. The molecule has 1 atom stereocenters. The molecule has 0 aliphatic carbocycles. The molecule has 1 unspecified atom stereocenters. The average Bonchev–Trinajstić information content (AvgIpc) is 2.53. The van der Waals surface area contributed by atoms with Gasteiger partial charge in [-0.05, 0) is 38.2 Å². The Morgan fingerprint density at radius 2 is 1.72 bits per heavy atom. The summed E-state index contributed by atoms with van der Waals surface area (Å²) in [7, 11) is 3.69. The van der Waals surface area contributed by atoms with Crippen molar-refractivity contribution in [3.63, 3.8) is 0 Å². The molecule has 3 nitrogen and oxygen atoms in total. The van der Waals surface area contributed by atoms with E-state index in [9.17, 15) is 18.0 Å². The minimum absolute atomic E-state index is 0.295. The fourth-order valence-corrected chi connectivity index (χ4v) is 2.72. The van der Waals surface area contributed by atoms with Gasteiger partial charge in [-0.25, -0.2) is 0 Å². The second kappa shape index (κ2) is 7.70. The normalized spacial score (nSPS) is 12.9. The monoisotopic (exact) mass is 350 g/mol. The van der Waals surface area contributed by atoms with E-state index in [0.29, 0.717) is 12.1 Å². The van der Waals surface area contributed by atoms with Gasteiger partial charge in [0, 0.05) is 6.54 Å². The van der Waals surface area contributed by atoms with E-state index in [1.165, 1.54) is 19.1 Å². The van der Waals surface area contributed by atoms with E-state index in [2.05, 4.69) is 5.32 Å². The SMILES string of the molecule is Cc1cccc(C(F)(F)F)c1C(=O)NC(CN(C)C)c1ccccc1. The van der Waals surface area contributed by atoms with Crippen LogP contribution in [0.1, 0.15) is 33.1 Å². The number of rotatable bonds is 5. The molecule has 0 spiro atoms. The quantitative estimate of drug-likeness (QED) is 0.882. The maximum atomic E-state index is 13.3. The molecule has 6 heteroatoms. The molecule has 2 aromatic rings. The topological polar surface area (TPSA) is 32.3 Å². The summed E-state index contributed by atoms with van der Waals surface area (Å²) in [6, 6.07) is 12.5. The molecule has 0 aliphatic heterocycles. The van der Waals surface area contributed by atoms with Crippen LogP contribution < -0.4 is 5.32 Å². The lowest BCUT2D eigenvalue weighted by molar-refractivity contribution is -0.138. The summed E-state index contributed by atoms with van der Waals surface area (Å²) in [5.41, 5.74) is -0.105. The van der Waals surface area contributed by atoms with Crippen LogP contribution in [0.5, 0.6) is 0 Å². The Bertz CT molecular complexity index is 727. The van der Waals surface area contributed by atoms with Gasteiger partial charge in [0.05, 0.1) is 17.2 Å². The Balaban J connectivity index is 2.37. The molecule has 0 aromatic heterocycles. The number of benzene rings is 2. The molecule has 0 saturated carbocycles. The smallest absolute Gasteiger partial charge is 0.344 e. The lowest BCUT2D eigenvalue weighted by Gasteiger charge is -2.24. The van der Waals surface area contributed by atoms with E-state index in [0.717, 1.165) is 11.6 Å². The first-order chi connectivity index (χ1) is 11.7. The molecule has 2 rings (SSSR count). The van der Waals surface area contributed by atoms with Gasteiger partial charge in [-0.3, -0.25) is 4.79 Å². The first-order valence-electron chi connectivity index (χ1n) is 7.87. The number of likely N-dealkylation sites (N-methyl/N-ethyl adjacent to an activating group) is 1. The third-order valence-electron chi connectivity index (χ3n) is 3.86. The fourth-order valence-electron chi connectivity index (χ4n) is 2.72. The second-order valence-electron chi connectivity index (χ2n) is 6.19. The number of halogens is 3. The molecule has 0 fully saturated rings. The lowest BCUT2D eigenvalue weighted by Crippen LogP contribution is -2.36. The summed E-state index contributed by atoms with van der Waals surface area (Å²) in [4.78, 5) is 14.5. The maximum absolute atomic E-state index is 13.3. The number of carbonyl (C=O) groups is 1. The van der Waals surface area contributed by atoms with Crippen molar-refractivity contribution in [2.75, 3.05) is 20.6 Å². The van der Waals surface area contributed by atoms with Gasteiger partial charge in [-0.2, -0.15) is 13.2 Å². The predicted molar refractivity (Wildman–Crippen MR) is 91.4 cm³/mol. The molecule has 134 valence electrons. The van der Waals surface area contributed by atoms with Crippen LogP contribution in [0.3, 0.4) is 0 Å². The van der Waals surface area contributed by atoms with E-state index < -0.39 is 23.7 Å². The minimum atomic E-state index is -4.58. The Morgan fingerprint density at radius 1 is 1.08 bits per heavy atom. The summed E-state index contributed by atoms with van der Waals surface area (Å²) in [6.45, 7) is 1.98. The molecule has 0 radical (unpaired) electrons. The van der Waals surface area contributed by atoms with Gasteiger partial charge in [-0.1, -0.05) is 42.5 Å². The van der Waals surface area contributed by atoms with Crippen LogP contribution in [0.15, 0.2) is 48.5 Å². The minimum Gasteiger partial charge on any atom is -0.344 e. The maximum Gasteiger partial charge on any atom is 0.417 e. The molecular weight excluding hydrogens is 329 g/mol. The van der Waals surface area contributed by atoms with Crippen molar-refractivity contribution in [2.45, 2.75) is 19.1 Å². The number of nitrogens with zero attached hydrogens (tertiary/aromatic N) is 1. The Labute approximate surface area is 145 Å². The van der Waals surface area contributed by atoms with Crippen LogP contribution in [0.25, 0.3) is 0 Å². The van der Waals surface area contributed by atoms with Crippen molar-refractivity contribution in [3.05, 3.63) is 70.8 Å². The Kier molecular flexibility index (Phi) is 5.85. The molecular formula is C19H21F3N2O. The largest absolute Gasteiger partial charge is 0.417 e. The van der Waals surface area contributed by atoms with Crippen LogP contribution >= 0.6 is 0 Å². The summed E-state index contributed by atoms with van der Waals surface area (Å²) in [6.07, 6.45) is -4.58. The van der Waals surface area contributed by atoms with Gasteiger partial charge >= 0.3 is 6.18 Å². The Hall–Kier alpha value is -2.34. The van der Waals surface area contributed by atoms with Gasteiger partial charge in [0.25, 0.3) is 5.91 Å². The predicted octanol–water partition coefficient (Wildman–Crippen LogP) is 4.05. The van der Waals surface area contributed by atoms with Crippen LogP contribution in [0.2, 0.25) is 0 Å². The molecule has 1 N–H and O–H groups in total. The first kappa shape index (κ1) is 19.0. The number of hydrogen-bond acceptors (Lipinski definition) is 2. The number of aryl methyl sites for hydroxylation is 1. The Morgan fingerprint density at radius 3 is 2.28 bits per heavy atom. The highest BCUT2D eigenvalue weighted by Crippen LogP contribution is 2.33. The molecule has 2 aromatic carbocycles. The van der Waals surface area contributed by atoms with Gasteiger partial charge in [0.2, 0.25) is 0 Å². The highest BCUT2D eigenvalue weighted by atomic mass is 19.4. The number of carbonyl (C=O) groups excluding carboxylic acids is 1. The van der Waals surface area contributed by atoms with Crippen LogP contribution in [-0.2, 0) is 6.18 Å². The first-order valence-corrected chi connectivity index (χ1v) is 7.87. The summed E-state index contributed by atoms with van der Waals surface area (Å²) in [5, 5.41) is 2.75. The van der Waals surface area contributed by atoms with Gasteiger partial charge in [0.15, 0.2) is 0 Å². The fraction of sp³-hybridized carbons (Fsp3) is 0.316. The van der Waals surface area contributed by atoms with Crippen LogP contribution in [-0.4, -0.2) is 31.4 Å².